The van der Waals surface area contributed by atoms with E-state index < -0.39 is 0 Å². The van der Waals surface area contributed by atoms with E-state index in [1.807, 2.05) is 38.2 Å². The highest BCUT2D eigenvalue weighted by Crippen LogP contribution is 2.16. The van der Waals surface area contributed by atoms with E-state index in [-0.39, 0.29) is 6.04 Å². The van der Waals surface area contributed by atoms with Crippen LogP contribution >= 0.6 is 11.6 Å². The second kappa shape index (κ2) is 6.74. The minimum Gasteiger partial charge on any atom is -0.492 e. The average molecular weight is 243 g/mol. The van der Waals surface area contributed by atoms with Crippen molar-refractivity contribution < 1.29 is 4.74 Å². The number of halogens is 1. The highest BCUT2D eigenvalue weighted by Gasteiger charge is 2.02. The molecule has 0 aliphatic heterocycles. The van der Waals surface area contributed by atoms with Crippen LogP contribution in [0.15, 0.2) is 24.3 Å². The lowest BCUT2D eigenvalue weighted by atomic mass is 10.3. The quantitative estimate of drug-likeness (QED) is 0.829. The molecule has 0 bridgehead atoms. The lowest BCUT2D eigenvalue weighted by Crippen LogP contribution is -2.35. The van der Waals surface area contributed by atoms with Gasteiger partial charge < -0.3 is 15.4 Å². The number of likely N-dealkylation sites (N-methyl/N-ethyl adjacent to an activating group) is 1. The molecule has 1 aromatic rings. The fraction of sp³-hybridized carbons (Fsp3) is 0.500. The Labute approximate surface area is 102 Å². The normalized spacial score (nSPS) is 12.8. The number of nitrogens with zero attached hydrogens (tertiary/aromatic N) is 1. The van der Waals surface area contributed by atoms with Gasteiger partial charge in [-0.2, -0.15) is 0 Å². The highest BCUT2D eigenvalue weighted by molar-refractivity contribution is 6.30. The number of nitrogens with two attached hydrogens (primary N) is 1. The second-order valence-corrected chi connectivity index (χ2v) is 4.48. The maximum Gasteiger partial charge on any atom is 0.120 e. The first-order valence-corrected chi connectivity index (χ1v) is 5.78. The molecule has 3 nitrogen and oxygen atoms in total. The van der Waals surface area contributed by atoms with Gasteiger partial charge in [-0.15, -0.1) is 0 Å². The largest absolute Gasteiger partial charge is 0.492 e. The van der Waals surface area contributed by atoms with E-state index in [0.717, 1.165) is 18.8 Å². The van der Waals surface area contributed by atoms with E-state index in [4.69, 9.17) is 22.1 Å². The zero-order valence-electron chi connectivity index (χ0n) is 9.82. The summed E-state index contributed by atoms with van der Waals surface area (Å²) in [4.78, 5) is 2.15. The summed E-state index contributed by atoms with van der Waals surface area (Å²) in [5, 5.41) is 0.696. The molecule has 0 saturated carbocycles. The molecule has 1 atom stereocenters. The van der Waals surface area contributed by atoms with E-state index in [0.29, 0.717) is 11.6 Å². The molecule has 0 saturated heterocycles. The maximum atomic E-state index is 5.85. The van der Waals surface area contributed by atoms with Gasteiger partial charge in [0.05, 0.1) is 0 Å². The van der Waals surface area contributed by atoms with Gasteiger partial charge in [-0.25, -0.2) is 0 Å². The number of rotatable bonds is 6. The highest BCUT2D eigenvalue weighted by atomic mass is 35.5. The first kappa shape index (κ1) is 13.3. The van der Waals surface area contributed by atoms with E-state index in [9.17, 15) is 0 Å². The standard InChI is InChI=1S/C12H19ClN2O/c1-10(14)9-15(2)6-7-16-12-5-3-4-11(13)8-12/h3-5,8,10H,6-7,9,14H2,1-2H3. The molecule has 0 aliphatic carbocycles. The SMILES string of the molecule is CC(N)CN(C)CCOc1cccc(Cl)c1. The zero-order valence-corrected chi connectivity index (χ0v) is 10.6. The summed E-state index contributed by atoms with van der Waals surface area (Å²) in [6.07, 6.45) is 0. The Balaban J connectivity index is 2.25. The van der Waals surface area contributed by atoms with Crippen LogP contribution < -0.4 is 10.5 Å². The van der Waals surface area contributed by atoms with Crippen molar-refractivity contribution in [3.05, 3.63) is 29.3 Å². The minimum atomic E-state index is 0.191. The van der Waals surface area contributed by atoms with Gasteiger partial charge in [-0.05, 0) is 32.2 Å². The van der Waals surface area contributed by atoms with Crippen LogP contribution in [0.4, 0.5) is 0 Å². The Kier molecular flexibility index (Phi) is 5.60. The molecule has 0 spiro atoms. The Bertz CT molecular complexity index is 318. The summed E-state index contributed by atoms with van der Waals surface area (Å²) in [5.74, 6) is 0.807. The molecule has 90 valence electrons. The fourth-order valence-corrected chi connectivity index (χ4v) is 1.64. The maximum absolute atomic E-state index is 5.85. The summed E-state index contributed by atoms with van der Waals surface area (Å²) in [6, 6.07) is 7.61. The van der Waals surface area contributed by atoms with Crippen molar-refractivity contribution >= 4 is 11.6 Å². The Hall–Kier alpha value is -0.770. The van der Waals surface area contributed by atoms with Gasteiger partial charge in [-0.1, -0.05) is 17.7 Å². The lowest BCUT2D eigenvalue weighted by Gasteiger charge is -2.18. The van der Waals surface area contributed by atoms with Crippen molar-refractivity contribution in [2.24, 2.45) is 5.73 Å². The molecule has 0 aliphatic rings. The molecule has 1 aromatic carbocycles. The molecule has 1 rings (SSSR count). The molecule has 0 radical (unpaired) electrons. The van der Waals surface area contributed by atoms with Crippen molar-refractivity contribution in [1.29, 1.82) is 0 Å². The van der Waals surface area contributed by atoms with Crippen LogP contribution in [0.1, 0.15) is 6.92 Å². The monoisotopic (exact) mass is 242 g/mol. The molecular formula is C12H19ClN2O. The van der Waals surface area contributed by atoms with Gasteiger partial charge in [0.1, 0.15) is 12.4 Å². The van der Waals surface area contributed by atoms with Crippen LogP contribution in [0.25, 0.3) is 0 Å². The fourth-order valence-electron chi connectivity index (χ4n) is 1.46. The molecule has 1 unspecified atom stereocenters. The second-order valence-electron chi connectivity index (χ2n) is 4.05. The lowest BCUT2D eigenvalue weighted by molar-refractivity contribution is 0.231. The van der Waals surface area contributed by atoms with Crippen molar-refractivity contribution in [2.45, 2.75) is 13.0 Å². The number of hydrogen-bond donors (Lipinski definition) is 1. The zero-order chi connectivity index (χ0) is 12.0. The van der Waals surface area contributed by atoms with E-state index in [1.54, 1.807) is 0 Å². The van der Waals surface area contributed by atoms with Gasteiger partial charge in [0.15, 0.2) is 0 Å². The number of ether oxygens (including phenoxy) is 1. The van der Waals surface area contributed by atoms with Crippen LogP contribution in [0.2, 0.25) is 5.02 Å². The first-order valence-electron chi connectivity index (χ1n) is 5.40. The molecule has 2 N–H and O–H groups in total. The van der Waals surface area contributed by atoms with Gasteiger partial charge in [0.25, 0.3) is 0 Å². The van der Waals surface area contributed by atoms with Crippen LogP contribution in [0.3, 0.4) is 0 Å². The summed E-state index contributed by atoms with van der Waals surface area (Å²) >= 11 is 5.85. The molecule has 0 heterocycles. The molecule has 4 heteroatoms. The number of hydrogen-bond acceptors (Lipinski definition) is 3. The third kappa shape index (κ3) is 5.35. The van der Waals surface area contributed by atoms with Crippen LogP contribution in [0.5, 0.6) is 5.75 Å². The van der Waals surface area contributed by atoms with Crippen LogP contribution in [0, 0.1) is 0 Å². The van der Waals surface area contributed by atoms with E-state index in [1.165, 1.54) is 0 Å². The van der Waals surface area contributed by atoms with Crippen molar-refractivity contribution in [3.63, 3.8) is 0 Å². The Morgan fingerprint density at radius 2 is 2.25 bits per heavy atom. The Morgan fingerprint density at radius 1 is 1.50 bits per heavy atom. The van der Waals surface area contributed by atoms with E-state index in [2.05, 4.69) is 4.90 Å². The summed E-state index contributed by atoms with van der Waals surface area (Å²) in [7, 11) is 2.03. The molecule has 0 fully saturated rings. The Morgan fingerprint density at radius 3 is 2.88 bits per heavy atom. The first-order chi connectivity index (χ1) is 7.58. The van der Waals surface area contributed by atoms with Gasteiger partial charge in [-0.3, -0.25) is 0 Å². The predicted molar refractivity (Wildman–Crippen MR) is 68.1 cm³/mol. The topological polar surface area (TPSA) is 38.5 Å². The summed E-state index contributed by atoms with van der Waals surface area (Å²) < 4.78 is 5.57. The van der Waals surface area contributed by atoms with Gasteiger partial charge >= 0.3 is 0 Å². The van der Waals surface area contributed by atoms with Crippen molar-refractivity contribution in [1.82, 2.24) is 4.90 Å². The molecular weight excluding hydrogens is 224 g/mol. The van der Waals surface area contributed by atoms with E-state index >= 15 is 0 Å². The summed E-state index contributed by atoms with van der Waals surface area (Å²) in [5.41, 5.74) is 5.70. The smallest absolute Gasteiger partial charge is 0.120 e. The third-order valence-corrected chi connectivity index (χ3v) is 2.37. The summed E-state index contributed by atoms with van der Waals surface area (Å²) in [6.45, 7) is 4.37. The molecule has 0 amide bonds. The third-order valence-electron chi connectivity index (χ3n) is 2.14. The molecule has 0 aromatic heterocycles. The molecule has 16 heavy (non-hydrogen) atoms. The van der Waals surface area contributed by atoms with Crippen molar-refractivity contribution in [3.8, 4) is 5.75 Å². The van der Waals surface area contributed by atoms with Gasteiger partial charge in [0.2, 0.25) is 0 Å². The van der Waals surface area contributed by atoms with Crippen molar-refractivity contribution in [2.75, 3.05) is 26.7 Å². The predicted octanol–water partition coefficient (Wildman–Crippen LogP) is 2.00. The van der Waals surface area contributed by atoms with Crippen LogP contribution in [-0.2, 0) is 0 Å². The minimum absolute atomic E-state index is 0.191. The number of benzene rings is 1. The average Bonchev–Trinajstić information content (AvgIpc) is 2.16. The van der Waals surface area contributed by atoms with Gasteiger partial charge in [0, 0.05) is 24.2 Å². The van der Waals surface area contributed by atoms with Crippen LogP contribution in [-0.4, -0.2) is 37.7 Å².